The Morgan fingerprint density at radius 2 is 1.85 bits per heavy atom. The first-order valence-electron chi connectivity index (χ1n) is 6.26. The highest BCUT2D eigenvalue weighted by Crippen LogP contribution is 2.17. The number of nitrogens with zero attached hydrogens (tertiary/aromatic N) is 2. The van der Waals surface area contributed by atoms with E-state index >= 15 is 0 Å². The minimum Gasteiger partial charge on any atom is -0.307 e. The molecule has 100 valence electrons. The Bertz CT molecular complexity index is 674. The van der Waals surface area contributed by atoms with Gasteiger partial charge >= 0.3 is 0 Å². The van der Waals surface area contributed by atoms with Crippen molar-refractivity contribution in [3.63, 3.8) is 0 Å². The summed E-state index contributed by atoms with van der Waals surface area (Å²) in [4.78, 5) is 16.3. The van der Waals surface area contributed by atoms with E-state index in [0.29, 0.717) is 16.9 Å². The normalized spacial score (nSPS) is 9.90. The van der Waals surface area contributed by atoms with Gasteiger partial charge in [0.25, 0.3) is 5.91 Å². The summed E-state index contributed by atoms with van der Waals surface area (Å²) in [7, 11) is 0. The lowest BCUT2D eigenvalue weighted by Gasteiger charge is -2.11. The molecule has 1 N–H and O–H groups in total. The highest BCUT2D eigenvalue weighted by atomic mass is 16.1. The molecule has 0 saturated carbocycles. The van der Waals surface area contributed by atoms with Crippen LogP contribution in [0, 0.1) is 32.1 Å². The van der Waals surface area contributed by atoms with E-state index < -0.39 is 0 Å². The molecule has 1 aromatic heterocycles. The van der Waals surface area contributed by atoms with Crippen LogP contribution in [-0.4, -0.2) is 10.9 Å². The largest absolute Gasteiger partial charge is 0.307 e. The maximum absolute atomic E-state index is 12.3. The van der Waals surface area contributed by atoms with Gasteiger partial charge in [0.05, 0.1) is 5.56 Å². The molecule has 20 heavy (non-hydrogen) atoms. The third kappa shape index (κ3) is 2.83. The number of nitrogens with one attached hydrogen (secondary N) is 1. The SMILES string of the molecule is Cc1cc(C)c(C(=O)Nc2ccc(C#N)cn2)c(C)c1. The number of anilines is 1. The molecule has 1 aromatic carbocycles. The molecule has 0 fully saturated rings. The van der Waals surface area contributed by atoms with Crippen molar-refractivity contribution in [3.05, 3.63) is 58.3 Å². The number of carbonyl (C=O) groups is 1. The minimum atomic E-state index is -0.183. The molecule has 0 radical (unpaired) electrons. The van der Waals surface area contributed by atoms with E-state index in [-0.39, 0.29) is 5.91 Å². The van der Waals surface area contributed by atoms with Gasteiger partial charge in [-0.15, -0.1) is 0 Å². The number of carbonyl (C=O) groups excluding carboxylic acids is 1. The smallest absolute Gasteiger partial charge is 0.257 e. The number of hydrogen-bond acceptors (Lipinski definition) is 3. The number of hydrogen-bond donors (Lipinski definition) is 1. The van der Waals surface area contributed by atoms with Crippen LogP contribution in [0.1, 0.15) is 32.6 Å². The van der Waals surface area contributed by atoms with Gasteiger partial charge in [0, 0.05) is 11.8 Å². The second-order valence-electron chi connectivity index (χ2n) is 4.77. The van der Waals surface area contributed by atoms with Gasteiger partial charge in [0.2, 0.25) is 0 Å². The Hall–Kier alpha value is -2.67. The van der Waals surface area contributed by atoms with E-state index in [1.807, 2.05) is 39.0 Å². The third-order valence-corrected chi connectivity index (χ3v) is 3.04. The molecule has 4 nitrogen and oxygen atoms in total. The zero-order valence-corrected chi connectivity index (χ0v) is 11.7. The number of aromatic nitrogens is 1. The van der Waals surface area contributed by atoms with Crippen LogP contribution >= 0.6 is 0 Å². The number of nitriles is 1. The Morgan fingerprint density at radius 1 is 1.20 bits per heavy atom. The third-order valence-electron chi connectivity index (χ3n) is 3.04. The van der Waals surface area contributed by atoms with Crippen LogP contribution in [-0.2, 0) is 0 Å². The fourth-order valence-electron chi connectivity index (χ4n) is 2.25. The maximum Gasteiger partial charge on any atom is 0.257 e. The average molecular weight is 265 g/mol. The van der Waals surface area contributed by atoms with E-state index in [1.54, 1.807) is 12.1 Å². The van der Waals surface area contributed by atoms with E-state index in [9.17, 15) is 4.79 Å². The lowest BCUT2D eigenvalue weighted by atomic mass is 9.99. The summed E-state index contributed by atoms with van der Waals surface area (Å²) in [5.41, 5.74) is 4.14. The number of benzene rings is 1. The van der Waals surface area contributed by atoms with Crippen LogP contribution in [0.5, 0.6) is 0 Å². The molecule has 0 aliphatic heterocycles. The zero-order valence-electron chi connectivity index (χ0n) is 11.7. The number of amides is 1. The van der Waals surface area contributed by atoms with Crippen molar-refractivity contribution in [2.75, 3.05) is 5.32 Å². The first-order valence-corrected chi connectivity index (χ1v) is 6.26. The standard InChI is InChI=1S/C16H15N3O/c1-10-6-11(2)15(12(3)7-10)16(20)19-14-5-4-13(8-17)9-18-14/h4-7,9H,1-3H3,(H,18,19,20). The average Bonchev–Trinajstić information content (AvgIpc) is 2.38. The lowest BCUT2D eigenvalue weighted by molar-refractivity contribution is 0.102. The Labute approximate surface area is 118 Å². The first-order chi connectivity index (χ1) is 9.51. The van der Waals surface area contributed by atoms with Crippen molar-refractivity contribution >= 4 is 11.7 Å². The van der Waals surface area contributed by atoms with Crippen molar-refractivity contribution in [2.45, 2.75) is 20.8 Å². The van der Waals surface area contributed by atoms with Crippen LogP contribution in [0.2, 0.25) is 0 Å². The molecule has 0 spiro atoms. The predicted octanol–water partition coefficient (Wildman–Crippen LogP) is 3.13. The number of rotatable bonds is 2. The summed E-state index contributed by atoms with van der Waals surface area (Å²) in [6.07, 6.45) is 1.43. The van der Waals surface area contributed by atoms with E-state index in [2.05, 4.69) is 10.3 Å². The first kappa shape index (κ1) is 13.8. The molecule has 4 heteroatoms. The monoisotopic (exact) mass is 265 g/mol. The van der Waals surface area contributed by atoms with Crippen molar-refractivity contribution in [1.82, 2.24) is 4.98 Å². The van der Waals surface area contributed by atoms with Crippen molar-refractivity contribution in [1.29, 1.82) is 5.26 Å². The van der Waals surface area contributed by atoms with Gasteiger partial charge in [-0.25, -0.2) is 4.98 Å². The summed E-state index contributed by atoms with van der Waals surface area (Å²) >= 11 is 0. The summed E-state index contributed by atoms with van der Waals surface area (Å²) in [6, 6.07) is 9.19. The minimum absolute atomic E-state index is 0.183. The summed E-state index contributed by atoms with van der Waals surface area (Å²) < 4.78 is 0. The van der Waals surface area contributed by atoms with Gasteiger partial charge < -0.3 is 5.32 Å². The number of pyridine rings is 1. The molecule has 2 aromatic rings. The van der Waals surface area contributed by atoms with Crippen LogP contribution in [0.3, 0.4) is 0 Å². The lowest BCUT2D eigenvalue weighted by Crippen LogP contribution is -2.16. The fraction of sp³-hybridized carbons (Fsp3) is 0.188. The van der Waals surface area contributed by atoms with Crippen LogP contribution in [0.25, 0.3) is 0 Å². The summed E-state index contributed by atoms with van der Waals surface area (Å²) in [5.74, 6) is 0.255. The molecule has 1 amide bonds. The highest BCUT2D eigenvalue weighted by molar-refractivity contribution is 6.05. The van der Waals surface area contributed by atoms with Gasteiger partial charge in [-0.2, -0.15) is 5.26 Å². The fourth-order valence-corrected chi connectivity index (χ4v) is 2.25. The summed E-state index contributed by atoms with van der Waals surface area (Å²) in [6.45, 7) is 5.84. The van der Waals surface area contributed by atoms with Gasteiger partial charge in [0.15, 0.2) is 0 Å². The van der Waals surface area contributed by atoms with E-state index in [4.69, 9.17) is 5.26 Å². The van der Waals surface area contributed by atoms with Crippen LogP contribution in [0.15, 0.2) is 30.5 Å². The Kier molecular flexibility index (Phi) is 3.81. The van der Waals surface area contributed by atoms with Crippen molar-refractivity contribution in [3.8, 4) is 6.07 Å². The molecule has 0 saturated heterocycles. The summed E-state index contributed by atoms with van der Waals surface area (Å²) in [5, 5.41) is 11.5. The molecule has 1 heterocycles. The van der Waals surface area contributed by atoms with Gasteiger partial charge in [-0.3, -0.25) is 4.79 Å². The van der Waals surface area contributed by atoms with E-state index in [1.165, 1.54) is 6.20 Å². The number of aryl methyl sites for hydroxylation is 3. The molecular formula is C16H15N3O. The second kappa shape index (κ2) is 5.54. The quantitative estimate of drug-likeness (QED) is 0.907. The maximum atomic E-state index is 12.3. The Balaban J connectivity index is 2.26. The van der Waals surface area contributed by atoms with Gasteiger partial charge in [-0.05, 0) is 44.0 Å². The van der Waals surface area contributed by atoms with Crippen molar-refractivity contribution in [2.24, 2.45) is 0 Å². The van der Waals surface area contributed by atoms with Gasteiger partial charge in [-0.1, -0.05) is 17.7 Å². The molecule has 2 rings (SSSR count). The van der Waals surface area contributed by atoms with E-state index in [0.717, 1.165) is 16.7 Å². The Morgan fingerprint density at radius 3 is 2.35 bits per heavy atom. The molecule has 0 bridgehead atoms. The molecule has 0 atom stereocenters. The molecule has 0 aliphatic carbocycles. The highest BCUT2D eigenvalue weighted by Gasteiger charge is 2.13. The van der Waals surface area contributed by atoms with Crippen LogP contribution in [0.4, 0.5) is 5.82 Å². The molecular weight excluding hydrogens is 250 g/mol. The predicted molar refractivity (Wildman–Crippen MR) is 77.6 cm³/mol. The molecule has 0 unspecified atom stereocenters. The zero-order chi connectivity index (χ0) is 14.7. The molecule has 0 aliphatic rings. The van der Waals surface area contributed by atoms with Crippen LogP contribution < -0.4 is 5.32 Å². The van der Waals surface area contributed by atoms with Gasteiger partial charge in [0.1, 0.15) is 11.9 Å². The van der Waals surface area contributed by atoms with Crippen molar-refractivity contribution < 1.29 is 4.79 Å². The second-order valence-corrected chi connectivity index (χ2v) is 4.77. The topological polar surface area (TPSA) is 65.8 Å².